The minimum atomic E-state index is -4.05. The number of anilines is 1. The van der Waals surface area contributed by atoms with Crippen molar-refractivity contribution < 1.29 is 27.1 Å². The quantitative estimate of drug-likeness (QED) is 0.563. The van der Waals surface area contributed by atoms with Gasteiger partial charge in [0.25, 0.3) is 5.91 Å². The third-order valence-corrected chi connectivity index (χ3v) is 6.43. The molecule has 32 heavy (non-hydrogen) atoms. The molecule has 0 spiro atoms. The van der Waals surface area contributed by atoms with Crippen LogP contribution in [0.3, 0.4) is 0 Å². The monoisotopic (exact) mass is 476 g/mol. The van der Waals surface area contributed by atoms with E-state index in [1.807, 2.05) is 0 Å². The van der Waals surface area contributed by atoms with Crippen LogP contribution in [0.15, 0.2) is 71.6 Å². The molecule has 1 aliphatic heterocycles. The van der Waals surface area contributed by atoms with E-state index in [-0.39, 0.29) is 28.8 Å². The summed E-state index contributed by atoms with van der Waals surface area (Å²) in [6, 6.07) is 16.5. The van der Waals surface area contributed by atoms with Crippen molar-refractivity contribution in [2.45, 2.75) is 11.0 Å². The standard InChI is InChI=1S/C22H18ClFN2O5S/c23-17-5-1-2-6-19(17)26-22(27)16-11-15(9-10-18(16)24)32(28,29)25-12-14-13-30-20-7-3-4-8-21(20)31-14/h1-11,14,25H,12-13H2,(H,26,27). The number of fused-ring (bicyclic) bond motifs is 1. The molecule has 4 rings (SSSR count). The molecule has 1 aliphatic rings. The minimum Gasteiger partial charge on any atom is -0.486 e. The first kappa shape index (κ1) is 22.1. The number of rotatable bonds is 6. The van der Waals surface area contributed by atoms with Gasteiger partial charge in [0.05, 0.1) is 27.7 Å². The van der Waals surface area contributed by atoms with E-state index in [1.165, 1.54) is 0 Å². The molecular weight excluding hydrogens is 459 g/mol. The van der Waals surface area contributed by atoms with Gasteiger partial charge in [-0.25, -0.2) is 17.5 Å². The van der Waals surface area contributed by atoms with E-state index < -0.39 is 33.4 Å². The zero-order valence-electron chi connectivity index (χ0n) is 16.5. The van der Waals surface area contributed by atoms with Crippen molar-refractivity contribution in [3.63, 3.8) is 0 Å². The second kappa shape index (κ2) is 9.15. The molecule has 10 heteroatoms. The molecule has 3 aromatic carbocycles. The first-order valence-electron chi connectivity index (χ1n) is 9.57. The molecule has 0 bridgehead atoms. The highest BCUT2D eigenvalue weighted by atomic mass is 35.5. The van der Waals surface area contributed by atoms with Crippen LogP contribution in [0, 0.1) is 5.82 Å². The van der Waals surface area contributed by atoms with Gasteiger partial charge in [0.2, 0.25) is 10.0 Å². The predicted octanol–water partition coefficient (Wildman–Crippen LogP) is 3.85. The fourth-order valence-corrected chi connectivity index (χ4v) is 4.32. The van der Waals surface area contributed by atoms with Gasteiger partial charge in [0, 0.05) is 0 Å². The molecule has 2 N–H and O–H groups in total. The van der Waals surface area contributed by atoms with Crippen molar-refractivity contribution >= 4 is 33.2 Å². The first-order chi connectivity index (χ1) is 15.3. The van der Waals surface area contributed by atoms with Gasteiger partial charge < -0.3 is 14.8 Å². The number of ether oxygens (including phenoxy) is 2. The van der Waals surface area contributed by atoms with Crippen molar-refractivity contribution in [1.29, 1.82) is 0 Å². The van der Waals surface area contributed by atoms with E-state index in [4.69, 9.17) is 21.1 Å². The summed E-state index contributed by atoms with van der Waals surface area (Å²) in [6.07, 6.45) is -0.553. The van der Waals surface area contributed by atoms with Gasteiger partial charge in [-0.05, 0) is 42.5 Å². The Morgan fingerprint density at radius 3 is 2.56 bits per heavy atom. The van der Waals surface area contributed by atoms with Crippen LogP contribution < -0.4 is 19.5 Å². The summed E-state index contributed by atoms with van der Waals surface area (Å²) in [6.45, 7) is 0.0869. The molecular formula is C22H18ClFN2O5S. The number of hydrogen-bond acceptors (Lipinski definition) is 5. The van der Waals surface area contributed by atoms with E-state index in [0.29, 0.717) is 11.5 Å². The van der Waals surface area contributed by atoms with Gasteiger partial charge in [0.15, 0.2) is 11.5 Å². The van der Waals surface area contributed by atoms with Gasteiger partial charge in [-0.2, -0.15) is 0 Å². The van der Waals surface area contributed by atoms with E-state index in [0.717, 1.165) is 18.2 Å². The Morgan fingerprint density at radius 1 is 1.06 bits per heavy atom. The van der Waals surface area contributed by atoms with Crippen LogP contribution in [0.2, 0.25) is 5.02 Å². The molecule has 0 saturated carbocycles. The minimum absolute atomic E-state index is 0.0742. The Morgan fingerprint density at radius 2 is 1.78 bits per heavy atom. The molecule has 0 fully saturated rings. The van der Waals surface area contributed by atoms with Gasteiger partial charge in [-0.3, -0.25) is 4.79 Å². The van der Waals surface area contributed by atoms with E-state index in [2.05, 4.69) is 10.0 Å². The average molecular weight is 477 g/mol. The fourth-order valence-electron chi connectivity index (χ4n) is 3.05. The molecule has 1 heterocycles. The van der Waals surface area contributed by atoms with Crippen molar-refractivity contribution in [2.75, 3.05) is 18.5 Å². The number of amides is 1. The lowest BCUT2D eigenvalue weighted by atomic mass is 10.2. The Hall–Kier alpha value is -3.14. The predicted molar refractivity (Wildman–Crippen MR) is 117 cm³/mol. The molecule has 0 aromatic heterocycles. The normalized spacial score (nSPS) is 15.2. The van der Waals surface area contributed by atoms with Crippen LogP contribution in [-0.2, 0) is 10.0 Å². The summed E-state index contributed by atoms with van der Waals surface area (Å²) in [5.41, 5.74) is -0.154. The van der Waals surface area contributed by atoms with Crippen molar-refractivity contribution in [2.24, 2.45) is 0 Å². The maximum absolute atomic E-state index is 14.3. The fraction of sp³-hybridized carbons (Fsp3) is 0.136. The third kappa shape index (κ3) is 4.85. The number of halogens is 2. The topological polar surface area (TPSA) is 93.7 Å². The first-order valence-corrected chi connectivity index (χ1v) is 11.4. The van der Waals surface area contributed by atoms with Crippen molar-refractivity contribution in [1.82, 2.24) is 4.72 Å². The van der Waals surface area contributed by atoms with Gasteiger partial charge >= 0.3 is 0 Å². The summed E-state index contributed by atoms with van der Waals surface area (Å²) in [5, 5.41) is 2.74. The number of hydrogen-bond donors (Lipinski definition) is 2. The van der Waals surface area contributed by atoms with Crippen LogP contribution in [0.5, 0.6) is 11.5 Å². The molecule has 166 valence electrons. The number of para-hydroxylation sites is 3. The number of carbonyl (C=O) groups excluding carboxylic acids is 1. The lowest BCUT2D eigenvalue weighted by Crippen LogP contribution is -2.40. The molecule has 0 radical (unpaired) electrons. The lowest BCUT2D eigenvalue weighted by Gasteiger charge is -2.26. The number of sulfonamides is 1. The maximum atomic E-state index is 14.3. The Balaban J connectivity index is 1.47. The van der Waals surface area contributed by atoms with Crippen molar-refractivity contribution in [3.8, 4) is 11.5 Å². The Labute approximate surface area is 189 Å². The van der Waals surface area contributed by atoms with Crippen LogP contribution in [0.4, 0.5) is 10.1 Å². The van der Waals surface area contributed by atoms with Crippen LogP contribution in [0.25, 0.3) is 0 Å². The molecule has 0 saturated heterocycles. The summed E-state index contributed by atoms with van der Waals surface area (Å²) >= 11 is 6.01. The van der Waals surface area contributed by atoms with Crippen molar-refractivity contribution in [3.05, 3.63) is 83.1 Å². The summed E-state index contributed by atoms with van der Waals surface area (Å²) < 4.78 is 53.5. The van der Waals surface area contributed by atoms with E-state index in [9.17, 15) is 17.6 Å². The zero-order valence-corrected chi connectivity index (χ0v) is 18.1. The van der Waals surface area contributed by atoms with Crippen LogP contribution in [-0.4, -0.2) is 33.6 Å². The van der Waals surface area contributed by atoms with Crippen LogP contribution >= 0.6 is 11.6 Å². The molecule has 1 amide bonds. The highest BCUT2D eigenvalue weighted by Crippen LogP contribution is 2.30. The van der Waals surface area contributed by atoms with Gasteiger partial charge in [-0.1, -0.05) is 35.9 Å². The highest BCUT2D eigenvalue weighted by Gasteiger charge is 2.25. The zero-order chi connectivity index (χ0) is 22.7. The molecule has 1 unspecified atom stereocenters. The van der Waals surface area contributed by atoms with E-state index in [1.54, 1.807) is 48.5 Å². The highest BCUT2D eigenvalue weighted by molar-refractivity contribution is 7.89. The molecule has 3 aromatic rings. The summed E-state index contributed by atoms with van der Waals surface area (Å²) in [5.74, 6) is -0.593. The second-order valence-electron chi connectivity index (χ2n) is 6.93. The molecule has 1 atom stereocenters. The maximum Gasteiger partial charge on any atom is 0.258 e. The molecule has 0 aliphatic carbocycles. The Kier molecular flexibility index (Phi) is 6.31. The third-order valence-electron chi connectivity index (χ3n) is 4.68. The summed E-state index contributed by atoms with van der Waals surface area (Å²) in [7, 11) is -4.05. The number of nitrogens with one attached hydrogen (secondary N) is 2. The van der Waals surface area contributed by atoms with E-state index >= 15 is 0 Å². The second-order valence-corrected chi connectivity index (χ2v) is 9.10. The van der Waals surface area contributed by atoms with Gasteiger partial charge in [0.1, 0.15) is 18.5 Å². The Bertz CT molecular complexity index is 1270. The van der Waals surface area contributed by atoms with Gasteiger partial charge in [-0.15, -0.1) is 0 Å². The summed E-state index contributed by atoms with van der Waals surface area (Å²) in [4.78, 5) is 12.3. The lowest BCUT2D eigenvalue weighted by molar-refractivity contribution is 0.0943. The SMILES string of the molecule is O=C(Nc1ccccc1Cl)c1cc(S(=O)(=O)NCC2COc3ccccc3O2)ccc1F. The average Bonchev–Trinajstić information content (AvgIpc) is 2.79. The van der Waals surface area contributed by atoms with Crippen LogP contribution in [0.1, 0.15) is 10.4 Å². The molecule has 7 nitrogen and oxygen atoms in total. The largest absolute Gasteiger partial charge is 0.486 e. The number of carbonyl (C=O) groups is 1. The number of benzene rings is 3. The smallest absolute Gasteiger partial charge is 0.258 e.